The van der Waals surface area contributed by atoms with Gasteiger partial charge >= 0.3 is 0 Å². The Kier molecular flexibility index (Phi) is 7.99. The van der Waals surface area contributed by atoms with Crippen LogP contribution in [0.2, 0.25) is 0 Å². The predicted molar refractivity (Wildman–Crippen MR) is 89.6 cm³/mol. The van der Waals surface area contributed by atoms with Gasteiger partial charge in [-0.1, -0.05) is 6.92 Å². The van der Waals surface area contributed by atoms with Gasteiger partial charge in [-0.3, -0.25) is 9.69 Å². The summed E-state index contributed by atoms with van der Waals surface area (Å²) in [5.74, 6) is 1.68. The molecule has 0 bridgehead atoms. The summed E-state index contributed by atoms with van der Waals surface area (Å²) in [7, 11) is 0. The van der Waals surface area contributed by atoms with Gasteiger partial charge in [-0.2, -0.15) is 0 Å². The summed E-state index contributed by atoms with van der Waals surface area (Å²) in [6.07, 6.45) is 7.08. The molecule has 0 aromatic carbocycles. The van der Waals surface area contributed by atoms with Crippen LogP contribution in [-0.2, 0) is 4.79 Å². The maximum absolute atomic E-state index is 12.1. The lowest BCUT2D eigenvalue weighted by molar-refractivity contribution is -0.123. The highest BCUT2D eigenvalue weighted by Gasteiger charge is 2.24. The molecule has 0 spiro atoms. The van der Waals surface area contributed by atoms with Gasteiger partial charge in [0.05, 0.1) is 6.54 Å². The minimum atomic E-state index is 0. The summed E-state index contributed by atoms with van der Waals surface area (Å²) < 4.78 is 0. The number of amides is 1. The topological polar surface area (TPSA) is 58.4 Å². The number of hydrogen-bond acceptors (Lipinski definition) is 3. The maximum atomic E-state index is 12.1. The first kappa shape index (κ1) is 18.7. The fraction of sp³-hybridized carbons (Fsp3) is 0.938. The maximum Gasteiger partial charge on any atom is 0.234 e. The third kappa shape index (κ3) is 6.13. The van der Waals surface area contributed by atoms with E-state index in [2.05, 4.69) is 24.1 Å². The van der Waals surface area contributed by atoms with E-state index in [4.69, 9.17) is 5.73 Å². The number of likely N-dealkylation sites (tertiary alicyclic amines) is 1. The quantitative estimate of drug-likeness (QED) is 0.835. The van der Waals surface area contributed by atoms with Gasteiger partial charge in [-0.25, -0.2) is 0 Å². The van der Waals surface area contributed by atoms with E-state index in [0.29, 0.717) is 18.5 Å². The molecule has 5 heteroatoms. The highest BCUT2D eigenvalue weighted by atomic mass is 35.5. The van der Waals surface area contributed by atoms with Crippen molar-refractivity contribution in [2.75, 3.05) is 19.6 Å². The first-order chi connectivity index (χ1) is 9.54. The van der Waals surface area contributed by atoms with Crippen molar-refractivity contribution in [3.8, 4) is 0 Å². The number of nitrogens with two attached hydrogens (primary N) is 1. The lowest BCUT2D eigenvalue weighted by Gasteiger charge is -2.34. The van der Waals surface area contributed by atoms with Crippen molar-refractivity contribution >= 4 is 18.3 Å². The third-order valence-electron chi connectivity index (χ3n) is 5.12. The Hall–Kier alpha value is -0.320. The molecule has 1 heterocycles. The van der Waals surface area contributed by atoms with E-state index in [1.54, 1.807) is 0 Å². The van der Waals surface area contributed by atoms with Crippen LogP contribution in [0.5, 0.6) is 0 Å². The molecular formula is C16H32ClN3O. The van der Waals surface area contributed by atoms with E-state index >= 15 is 0 Å². The van der Waals surface area contributed by atoms with Crippen molar-refractivity contribution in [1.82, 2.24) is 10.2 Å². The van der Waals surface area contributed by atoms with Gasteiger partial charge in [-0.05, 0) is 70.4 Å². The van der Waals surface area contributed by atoms with Gasteiger partial charge in [0.25, 0.3) is 0 Å². The molecule has 0 aromatic heterocycles. The molecule has 0 aromatic rings. The van der Waals surface area contributed by atoms with Gasteiger partial charge in [0.1, 0.15) is 0 Å². The summed E-state index contributed by atoms with van der Waals surface area (Å²) in [4.78, 5) is 14.4. The molecule has 21 heavy (non-hydrogen) atoms. The Morgan fingerprint density at radius 2 is 1.76 bits per heavy atom. The SMILES string of the molecule is CC1CCC(NC(=O)CN2CCC(C(C)N)CC2)CC1.Cl. The molecule has 124 valence electrons. The Morgan fingerprint density at radius 3 is 2.29 bits per heavy atom. The molecule has 4 nitrogen and oxygen atoms in total. The molecular weight excluding hydrogens is 286 g/mol. The number of carbonyl (C=O) groups is 1. The van der Waals surface area contributed by atoms with Crippen molar-refractivity contribution in [3.63, 3.8) is 0 Å². The third-order valence-corrected chi connectivity index (χ3v) is 5.12. The van der Waals surface area contributed by atoms with Crippen LogP contribution in [0.15, 0.2) is 0 Å². The Balaban J connectivity index is 0.00000220. The van der Waals surface area contributed by atoms with Crippen LogP contribution in [0.4, 0.5) is 0 Å². The fourth-order valence-corrected chi connectivity index (χ4v) is 3.52. The van der Waals surface area contributed by atoms with Crippen molar-refractivity contribution in [3.05, 3.63) is 0 Å². The summed E-state index contributed by atoms with van der Waals surface area (Å²) in [5, 5.41) is 3.22. The molecule has 2 fully saturated rings. The van der Waals surface area contributed by atoms with Crippen LogP contribution in [0.25, 0.3) is 0 Å². The van der Waals surface area contributed by atoms with Gasteiger partial charge in [0, 0.05) is 12.1 Å². The minimum absolute atomic E-state index is 0. The molecule has 1 aliphatic carbocycles. The van der Waals surface area contributed by atoms with Crippen LogP contribution in [0.1, 0.15) is 52.4 Å². The summed E-state index contributed by atoms with van der Waals surface area (Å²) in [6, 6.07) is 0.704. The largest absolute Gasteiger partial charge is 0.352 e. The molecule has 1 amide bonds. The van der Waals surface area contributed by atoms with Gasteiger partial charge in [-0.15, -0.1) is 12.4 Å². The van der Waals surface area contributed by atoms with E-state index < -0.39 is 0 Å². The lowest BCUT2D eigenvalue weighted by atomic mass is 9.87. The average Bonchev–Trinajstić information content (AvgIpc) is 2.42. The van der Waals surface area contributed by atoms with Crippen molar-refractivity contribution in [2.45, 2.75) is 64.5 Å². The molecule has 1 saturated heterocycles. The molecule has 2 aliphatic rings. The van der Waals surface area contributed by atoms with Crippen LogP contribution < -0.4 is 11.1 Å². The molecule has 0 radical (unpaired) electrons. The highest BCUT2D eigenvalue weighted by molar-refractivity contribution is 5.85. The molecule has 1 saturated carbocycles. The number of carbonyl (C=O) groups excluding carboxylic acids is 1. The monoisotopic (exact) mass is 317 g/mol. The standard InChI is InChI=1S/C16H31N3O.ClH/c1-12-3-5-15(6-4-12)18-16(20)11-19-9-7-14(8-10-19)13(2)17;/h12-15H,3-11,17H2,1-2H3,(H,18,20);1H. The van der Waals surface area contributed by atoms with E-state index in [1.165, 1.54) is 12.8 Å². The zero-order valence-electron chi connectivity index (χ0n) is 13.5. The first-order valence-corrected chi connectivity index (χ1v) is 8.32. The second-order valence-corrected chi connectivity index (χ2v) is 7.00. The van der Waals surface area contributed by atoms with Crippen molar-refractivity contribution < 1.29 is 4.79 Å². The molecule has 1 aliphatic heterocycles. The van der Waals surface area contributed by atoms with E-state index in [1.807, 2.05) is 0 Å². The van der Waals surface area contributed by atoms with Crippen molar-refractivity contribution in [1.29, 1.82) is 0 Å². The summed E-state index contributed by atoms with van der Waals surface area (Å²) in [5.41, 5.74) is 5.95. The number of piperidine rings is 1. The first-order valence-electron chi connectivity index (χ1n) is 8.32. The summed E-state index contributed by atoms with van der Waals surface area (Å²) in [6.45, 7) is 7.00. The Labute approximate surface area is 135 Å². The second-order valence-electron chi connectivity index (χ2n) is 7.00. The molecule has 1 atom stereocenters. The Bertz CT molecular complexity index is 309. The lowest BCUT2D eigenvalue weighted by Crippen LogP contribution is -2.46. The zero-order chi connectivity index (χ0) is 14.5. The average molecular weight is 318 g/mol. The van der Waals surface area contributed by atoms with Crippen LogP contribution >= 0.6 is 12.4 Å². The van der Waals surface area contributed by atoms with Gasteiger partial charge in [0.2, 0.25) is 5.91 Å². The van der Waals surface area contributed by atoms with E-state index in [-0.39, 0.29) is 24.4 Å². The number of nitrogens with zero attached hydrogens (tertiary/aromatic N) is 1. The van der Waals surface area contributed by atoms with Crippen LogP contribution in [-0.4, -0.2) is 42.5 Å². The van der Waals surface area contributed by atoms with E-state index in [9.17, 15) is 4.79 Å². The molecule has 3 N–H and O–H groups in total. The smallest absolute Gasteiger partial charge is 0.234 e. The van der Waals surface area contributed by atoms with Crippen LogP contribution in [0, 0.1) is 11.8 Å². The molecule has 2 rings (SSSR count). The van der Waals surface area contributed by atoms with Crippen LogP contribution in [0.3, 0.4) is 0 Å². The fourth-order valence-electron chi connectivity index (χ4n) is 3.52. The number of nitrogens with one attached hydrogen (secondary N) is 1. The van der Waals surface area contributed by atoms with Crippen molar-refractivity contribution in [2.24, 2.45) is 17.6 Å². The summed E-state index contributed by atoms with van der Waals surface area (Å²) >= 11 is 0. The normalized spacial score (nSPS) is 29.5. The highest BCUT2D eigenvalue weighted by Crippen LogP contribution is 2.23. The predicted octanol–water partition coefficient (Wildman–Crippen LogP) is 2.16. The minimum Gasteiger partial charge on any atom is -0.352 e. The number of rotatable bonds is 4. The van der Waals surface area contributed by atoms with E-state index in [0.717, 1.165) is 44.7 Å². The zero-order valence-corrected chi connectivity index (χ0v) is 14.3. The second kappa shape index (κ2) is 8.96. The Morgan fingerprint density at radius 1 is 1.19 bits per heavy atom. The number of halogens is 1. The number of hydrogen-bond donors (Lipinski definition) is 2. The van der Waals surface area contributed by atoms with Gasteiger partial charge < -0.3 is 11.1 Å². The molecule has 1 unspecified atom stereocenters. The van der Waals surface area contributed by atoms with Gasteiger partial charge in [0.15, 0.2) is 0 Å².